The summed E-state index contributed by atoms with van der Waals surface area (Å²) in [6.45, 7) is 1.72. The zero-order chi connectivity index (χ0) is 9.14. The Labute approximate surface area is 88.0 Å². The lowest BCUT2D eigenvalue weighted by molar-refractivity contribution is 0.153. The average Bonchev–Trinajstić information content (AvgIpc) is 2.03. The van der Waals surface area contributed by atoms with Gasteiger partial charge in [0.1, 0.15) is 5.75 Å². The second-order valence-corrected chi connectivity index (χ2v) is 2.90. The summed E-state index contributed by atoms with van der Waals surface area (Å²) in [7, 11) is 0. The topological polar surface area (TPSA) is 66.5 Å². The van der Waals surface area contributed by atoms with Crippen molar-refractivity contribution < 1.29 is 10.2 Å². The van der Waals surface area contributed by atoms with E-state index >= 15 is 0 Å². The first-order valence-electron chi connectivity index (χ1n) is 3.84. The van der Waals surface area contributed by atoms with E-state index < -0.39 is 6.10 Å². The molecule has 0 spiro atoms. The molecular weight excluding hydrogens is 234 g/mol. The van der Waals surface area contributed by atoms with Gasteiger partial charge in [-0.15, -0.1) is 17.0 Å². The summed E-state index contributed by atoms with van der Waals surface area (Å²) in [5.74, 6) is 0.146. The summed E-state index contributed by atoms with van der Waals surface area (Å²) in [6, 6.07) is 6.14. The third-order valence-electron chi connectivity index (χ3n) is 1.71. The Morgan fingerprint density at radius 1 is 1.38 bits per heavy atom. The highest BCUT2D eigenvalue weighted by Gasteiger charge is 2.11. The van der Waals surface area contributed by atoms with Crippen LogP contribution in [0.2, 0.25) is 0 Å². The van der Waals surface area contributed by atoms with Crippen LogP contribution in [-0.2, 0) is 0 Å². The molecule has 13 heavy (non-hydrogen) atoms. The van der Waals surface area contributed by atoms with Crippen molar-refractivity contribution in [2.75, 3.05) is 0 Å². The SMILES string of the molecule is Br.CC(N)C(O)c1cccc(O)c1. The van der Waals surface area contributed by atoms with Gasteiger partial charge >= 0.3 is 0 Å². The molecule has 0 amide bonds. The summed E-state index contributed by atoms with van der Waals surface area (Å²) >= 11 is 0. The largest absolute Gasteiger partial charge is 0.508 e. The van der Waals surface area contributed by atoms with Gasteiger partial charge in [0.2, 0.25) is 0 Å². The smallest absolute Gasteiger partial charge is 0.115 e. The van der Waals surface area contributed by atoms with Crippen LogP contribution in [0, 0.1) is 0 Å². The molecule has 0 aliphatic carbocycles. The molecule has 4 heteroatoms. The lowest BCUT2D eigenvalue weighted by Crippen LogP contribution is -2.24. The number of hydrogen-bond acceptors (Lipinski definition) is 3. The molecular formula is C9H14BrNO2. The second-order valence-electron chi connectivity index (χ2n) is 2.90. The monoisotopic (exact) mass is 247 g/mol. The standard InChI is InChI=1S/C9H13NO2.BrH/c1-6(10)9(12)7-3-2-4-8(11)5-7;/h2-6,9,11-12H,10H2,1H3;1H. The summed E-state index contributed by atoms with van der Waals surface area (Å²) in [4.78, 5) is 0. The van der Waals surface area contributed by atoms with Crippen LogP contribution in [0.5, 0.6) is 5.75 Å². The maximum absolute atomic E-state index is 9.49. The Balaban J connectivity index is 0.00000144. The minimum Gasteiger partial charge on any atom is -0.508 e. The van der Waals surface area contributed by atoms with Crippen LogP contribution in [-0.4, -0.2) is 16.3 Å². The van der Waals surface area contributed by atoms with Gasteiger partial charge in [0.15, 0.2) is 0 Å². The summed E-state index contributed by atoms with van der Waals surface area (Å²) in [6.07, 6.45) is -0.711. The number of benzene rings is 1. The number of nitrogens with two attached hydrogens (primary N) is 1. The number of phenolic OH excluding ortho intramolecular Hbond substituents is 1. The highest BCUT2D eigenvalue weighted by atomic mass is 79.9. The molecule has 1 rings (SSSR count). The molecule has 0 aliphatic rings. The number of aromatic hydroxyl groups is 1. The minimum absolute atomic E-state index is 0. The van der Waals surface area contributed by atoms with Crippen LogP contribution in [0.15, 0.2) is 24.3 Å². The summed E-state index contributed by atoms with van der Waals surface area (Å²) < 4.78 is 0. The van der Waals surface area contributed by atoms with Gasteiger partial charge in [-0.2, -0.15) is 0 Å². The van der Waals surface area contributed by atoms with Gasteiger partial charge in [0.05, 0.1) is 6.10 Å². The molecule has 0 saturated heterocycles. The van der Waals surface area contributed by atoms with Crippen LogP contribution < -0.4 is 5.73 Å². The van der Waals surface area contributed by atoms with Gasteiger partial charge in [-0.25, -0.2) is 0 Å². The number of halogens is 1. The lowest BCUT2D eigenvalue weighted by atomic mass is 10.0. The second kappa shape index (κ2) is 5.21. The normalized spacial score (nSPS) is 14.4. The van der Waals surface area contributed by atoms with E-state index in [1.807, 2.05) is 0 Å². The molecule has 1 aromatic rings. The molecule has 1 aromatic carbocycles. The van der Waals surface area contributed by atoms with Crippen LogP contribution in [0.3, 0.4) is 0 Å². The van der Waals surface area contributed by atoms with Gasteiger partial charge in [-0.3, -0.25) is 0 Å². The lowest BCUT2D eigenvalue weighted by Gasteiger charge is -2.14. The van der Waals surface area contributed by atoms with Crippen molar-refractivity contribution in [2.24, 2.45) is 5.73 Å². The highest BCUT2D eigenvalue weighted by molar-refractivity contribution is 8.93. The van der Waals surface area contributed by atoms with E-state index in [0.29, 0.717) is 5.56 Å². The predicted octanol–water partition coefficient (Wildman–Crippen LogP) is 1.35. The Bertz CT molecular complexity index is 266. The van der Waals surface area contributed by atoms with Gasteiger partial charge in [-0.05, 0) is 24.6 Å². The number of aliphatic hydroxyl groups excluding tert-OH is 1. The Kier molecular flexibility index (Phi) is 4.98. The molecule has 2 atom stereocenters. The van der Waals surface area contributed by atoms with E-state index in [0.717, 1.165) is 0 Å². The fourth-order valence-electron chi connectivity index (χ4n) is 1.01. The Morgan fingerprint density at radius 3 is 2.46 bits per heavy atom. The molecule has 0 radical (unpaired) electrons. The third kappa shape index (κ3) is 3.34. The molecule has 0 bridgehead atoms. The fraction of sp³-hybridized carbons (Fsp3) is 0.333. The molecule has 0 heterocycles. The average molecular weight is 248 g/mol. The van der Waals surface area contributed by atoms with Crippen LogP contribution in [0.4, 0.5) is 0 Å². The third-order valence-corrected chi connectivity index (χ3v) is 1.71. The Hall–Kier alpha value is -0.580. The quantitative estimate of drug-likeness (QED) is 0.740. The van der Waals surface area contributed by atoms with Gasteiger partial charge in [0.25, 0.3) is 0 Å². The van der Waals surface area contributed by atoms with Crippen molar-refractivity contribution in [2.45, 2.75) is 19.1 Å². The fourth-order valence-corrected chi connectivity index (χ4v) is 1.01. The number of hydrogen-bond donors (Lipinski definition) is 3. The maximum Gasteiger partial charge on any atom is 0.115 e. The highest BCUT2D eigenvalue weighted by Crippen LogP contribution is 2.19. The molecule has 0 aliphatic heterocycles. The van der Waals surface area contributed by atoms with Crippen molar-refractivity contribution in [3.8, 4) is 5.75 Å². The van der Waals surface area contributed by atoms with Gasteiger partial charge in [0, 0.05) is 6.04 Å². The van der Waals surface area contributed by atoms with Gasteiger partial charge in [-0.1, -0.05) is 12.1 Å². The van der Waals surface area contributed by atoms with Crippen molar-refractivity contribution in [3.63, 3.8) is 0 Å². The first kappa shape index (κ1) is 12.4. The molecule has 3 nitrogen and oxygen atoms in total. The molecule has 74 valence electrons. The van der Waals surface area contributed by atoms with Crippen molar-refractivity contribution in [3.05, 3.63) is 29.8 Å². The van der Waals surface area contributed by atoms with E-state index in [4.69, 9.17) is 10.8 Å². The van der Waals surface area contributed by atoms with E-state index in [-0.39, 0.29) is 28.8 Å². The zero-order valence-electron chi connectivity index (χ0n) is 7.34. The molecule has 0 aromatic heterocycles. The van der Waals surface area contributed by atoms with Crippen molar-refractivity contribution in [1.29, 1.82) is 0 Å². The van der Waals surface area contributed by atoms with Crippen LogP contribution in [0.25, 0.3) is 0 Å². The van der Waals surface area contributed by atoms with Crippen molar-refractivity contribution in [1.82, 2.24) is 0 Å². The van der Waals surface area contributed by atoms with Crippen LogP contribution >= 0.6 is 17.0 Å². The minimum atomic E-state index is -0.711. The number of phenols is 1. The molecule has 4 N–H and O–H groups in total. The molecule has 2 unspecified atom stereocenters. The summed E-state index contributed by atoms with van der Waals surface area (Å²) in [5, 5.41) is 18.6. The van der Waals surface area contributed by atoms with E-state index in [2.05, 4.69) is 0 Å². The molecule has 0 saturated carbocycles. The Morgan fingerprint density at radius 2 is 2.00 bits per heavy atom. The molecule has 0 fully saturated rings. The van der Waals surface area contributed by atoms with E-state index in [1.165, 1.54) is 6.07 Å². The maximum atomic E-state index is 9.49. The van der Waals surface area contributed by atoms with E-state index in [9.17, 15) is 5.11 Å². The zero-order valence-corrected chi connectivity index (χ0v) is 9.06. The summed E-state index contributed by atoms with van der Waals surface area (Å²) in [5.41, 5.74) is 6.13. The predicted molar refractivity (Wildman–Crippen MR) is 57.0 cm³/mol. The van der Waals surface area contributed by atoms with E-state index in [1.54, 1.807) is 25.1 Å². The first-order valence-corrected chi connectivity index (χ1v) is 3.84. The number of rotatable bonds is 2. The van der Waals surface area contributed by atoms with Gasteiger partial charge < -0.3 is 15.9 Å². The van der Waals surface area contributed by atoms with Crippen LogP contribution in [0.1, 0.15) is 18.6 Å². The van der Waals surface area contributed by atoms with Crippen molar-refractivity contribution >= 4 is 17.0 Å². The first-order chi connectivity index (χ1) is 5.61. The number of aliphatic hydroxyl groups is 1.